The van der Waals surface area contributed by atoms with Crippen LogP contribution in [0.5, 0.6) is 0 Å². The molecule has 2 unspecified atom stereocenters. The lowest BCUT2D eigenvalue weighted by atomic mass is 9.93. The highest BCUT2D eigenvalue weighted by Gasteiger charge is 2.51. The Labute approximate surface area is 234 Å². The Morgan fingerprint density at radius 1 is 1.15 bits per heavy atom. The van der Waals surface area contributed by atoms with Gasteiger partial charge in [-0.15, -0.1) is 0 Å². The first-order valence-electron chi connectivity index (χ1n) is 12.7. The summed E-state index contributed by atoms with van der Waals surface area (Å²) in [5.41, 5.74) is 11.3. The molecule has 0 amide bonds. The number of H-pyrrole nitrogens is 1. The van der Waals surface area contributed by atoms with Crippen molar-refractivity contribution in [3.05, 3.63) is 35.0 Å². The molecular formula is C22H24F2N9O6PS. The minimum Gasteiger partial charge on any atom is -0.383 e. The van der Waals surface area contributed by atoms with Gasteiger partial charge in [-0.05, 0) is 37.0 Å². The Hall–Kier alpha value is -3.12. The van der Waals surface area contributed by atoms with Gasteiger partial charge in [0.05, 0.1) is 30.5 Å². The summed E-state index contributed by atoms with van der Waals surface area (Å²) in [6.45, 7) is -4.17. The number of aromatic amines is 1. The molecule has 8 atom stereocenters. The van der Waals surface area contributed by atoms with Crippen molar-refractivity contribution in [3.63, 3.8) is 0 Å². The summed E-state index contributed by atoms with van der Waals surface area (Å²) in [5.74, 6) is -0.946. The van der Waals surface area contributed by atoms with Crippen molar-refractivity contribution in [3.8, 4) is 0 Å². The molecule has 3 aliphatic heterocycles. The average Bonchev–Trinajstić information content (AvgIpc) is 3.66. The second-order valence-electron chi connectivity index (χ2n) is 10.2. The average molecular weight is 612 g/mol. The second-order valence-corrected chi connectivity index (χ2v) is 13.0. The van der Waals surface area contributed by atoms with Gasteiger partial charge in [-0.25, -0.2) is 23.7 Å². The predicted molar refractivity (Wildman–Crippen MR) is 142 cm³/mol. The molecule has 3 saturated heterocycles. The van der Waals surface area contributed by atoms with Crippen LogP contribution in [0.4, 0.5) is 20.5 Å². The molecule has 3 aliphatic rings. The number of nitrogens with one attached hydrogen (secondary N) is 1. The third-order valence-corrected chi connectivity index (χ3v) is 9.29. The van der Waals surface area contributed by atoms with Gasteiger partial charge in [0.1, 0.15) is 24.5 Å². The summed E-state index contributed by atoms with van der Waals surface area (Å²) in [6, 6.07) is 0. The van der Waals surface area contributed by atoms with E-state index in [1.165, 1.54) is 28.0 Å². The van der Waals surface area contributed by atoms with Crippen LogP contribution in [-0.2, 0) is 30.3 Å². The van der Waals surface area contributed by atoms with Crippen molar-refractivity contribution < 1.29 is 32.2 Å². The number of hydrogen-bond acceptors (Lipinski definition) is 12. The number of anilines is 2. The van der Waals surface area contributed by atoms with Gasteiger partial charge in [-0.2, -0.15) is 4.98 Å². The molecule has 0 radical (unpaired) electrons. The van der Waals surface area contributed by atoms with Gasteiger partial charge in [0, 0.05) is 6.20 Å². The lowest BCUT2D eigenvalue weighted by Crippen LogP contribution is -2.30. The third-order valence-electron chi connectivity index (χ3n) is 7.73. The summed E-state index contributed by atoms with van der Waals surface area (Å²) < 4.78 is 57.0. The van der Waals surface area contributed by atoms with Gasteiger partial charge in [-0.1, -0.05) is 0 Å². The highest BCUT2D eigenvalue weighted by atomic mass is 32.5. The van der Waals surface area contributed by atoms with Gasteiger partial charge < -0.3 is 34.9 Å². The number of nitrogens with zero attached hydrogens (tertiary/aromatic N) is 6. The predicted octanol–water partition coefficient (Wildman–Crippen LogP) is 1.42. The van der Waals surface area contributed by atoms with Crippen molar-refractivity contribution in [2.75, 3.05) is 18.1 Å². The number of alkyl halides is 1. The Kier molecular flexibility index (Phi) is 6.35. The minimum atomic E-state index is -4.03. The van der Waals surface area contributed by atoms with Crippen molar-refractivity contribution in [2.24, 2.45) is 5.92 Å². The van der Waals surface area contributed by atoms with Gasteiger partial charge in [0.25, 0.3) is 5.56 Å². The monoisotopic (exact) mass is 611 g/mol. The Morgan fingerprint density at radius 3 is 2.80 bits per heavy atom. The fraction of sp³-hybridized carbons (Fsp3) is 0.500. The van der Waals surface area contributed by atoms with Crippen molar-refractivity contribution in [1.82, 2.24) is 34.1 Å². The zero-order valence-corrected chi connectivity index (χ0v) is 22.8. The first-order chi connectivity index (χ1) is 19.6. The molecule has 3 fully saturated rings. The van der Waals surface area contributed by atoms with Crippen LogP contribution in [0, 0.1) is 11.7 Å². The van der Waals surface area contributed by atoms with Crippen molar-refractivity contribution in [1.29, 1.82) is 0 Å². The number of rotatable bonds is 2. The van der Waals surface area contributed by atoms with Crippen LogP contribution in [0.2, 0.25) is 0 Å². The summed E-state index contributed by atoms with van der Waals surface area (Å²) in [6.07, 6.45) is -1.61. The number of ether oxygens (including phenoxy) is 2. The highest BCUT2D eigenvalue weighted by molar-refractivity contribution is 8.07. The summed E-state index contributed by atoms with van der Waals surface area (Å²) >= 11 is 5.23. The number of nitrogen functional groups attached to an aromatic ring is 2. The second kappa shape index (κ2) is 9.72. The fourth-order valence-corrected chi connectivity index (χ4v) is 7.25. The fourth-order valence-electron chi connectivity index (χ4n) is 5.84. The van der Waals surface area contributed by atoms with E-state index in [1.807, 2.05) is 0 Å². The molecule has 0 spiro atoms. The van der Waals surface area contributed by atoms with E-state index in [0.29, 0.717) is 12.8 Å². The largest absolute Gasteiger partial charge is 0.383 e. The normalized spacial score (nSPS) is 34.2. The zero-order chi connectivity index (χ0) is 28.6. The molecule has 41 heavy (non-hydrogen) atoms. The molecule has 7 rings (SSSR count). The molecule has 2 bridgehead atoms. The van der Waals surface area contributed by atoms with Crippen LogP contribution in [0.15, 0.2) is 23.6 Å². The molecule has 4 aromatic heterocycles. The van der Waals surface area contributed by atoms with Gasteiger partial charge in [0.2, 0.25) is 5.95 Å². The lowest BCUT2D eigenvalue weighted by molar-refractivity contribution is -0.0513. The van der Waals surface area contributed by atoms with Crippen LogP contribution < -0.4 is 17.0 Å². The third kappa shape index (κ3) is 4.50. The van der Waals surface area contributed by atoms with Crippen LogP contribution in [0.1, 0.15) is 31.7 Å². The molecule has 0 aliphatic carbocycles. The van der Waals surface area contributed by atoms with Crippen LogP contribution in [0.3, 0.4) is 0 Å². The molecule has 4 aromatic rings. The maximum atomic E-state index is 15.9. The van der Waals surface area contributed by atoms with E-state index >= 15 is 4.39 Å². The van der Waals surface area contributed by atoms with Crippen LogP contribution in [0.25, 0.3) is 22.2 Å². The van der Waals surface area contributed by atoms with E-state index in [0.717, 1.165) is 0 Å². The van der Waals surface area contributed by atoms with Crippen molar-refractivity contribution in [2.45, 2.75) is 56.2 Å². The maximum Gasteiger partial charge on any atom is 0.325 e. The Bertz CT molecular complexity index is 1770. The minimum absolute atomic E-state index is 0.00517. The zero-order valence-electron chi connectivity index (χ0n) is 21.0. The lowest BCUT2D eigenvalue weighted by Gasteiger charge is -2.26. The molecule has 218 valence electrons. The van der Waals surface area contributed by atoms with E-state index in [4.69, 9.17) is 41.8 Å². The van der Waals surface area contributed by atoms with E-state index in [1.54, 1.807) is 0 Å². The number of fused-ring (bicyclic) bond motifs is 5. The molecular weight excluding hydrogens is 587 g/mol. The smallest absolute Gasteiger partial charge is 0.325 e. The number of nitrogens with two attached hydrogens (primary N) is 2. The molecule has 0 saturated carbocycles. The number of aromatic nitrogens is 7. The van der Waals surface area contributed by atoms with E-state index in [9.17, 15) is 14.1 Å². The first kappa shape index (κ1) is 26.8. The summed E-state index contributed by atoms with van der Waals surface area (Å²) in [5, 5.41) is 0.0861. The Balaban J connectivity index is 1.18. The molecule has 19 heteroatoms. The van der Waals surface area contributed by atoms with E-state index < -0.39 is 55.0 Å². The maximum absolute atomic E-state index is 15.9. The topological polar surface area (TPSA) is 203 Å². The van der Waals surface area contributed by atoms with Crippen LogP contribution >= 0.6 is 6.72 Å². The highest BCUT2D eigenvalue weighted by Crippen LogP contribution is 2.52. The molecule has 7 heterocycles. The van der Waals surface area contributed by atoms with Crippen LogP contribution in [-0.4, -0.2) is 70.0 Å². The van der Waals surface area contributed by atoms with E-state index in [-0.39, 0.29) is 52.9 Å². The van der Waals surface area contributed by atoms with Gasteiger partial charge >= 0.3 is 6.72 Å². The number of halogens is 2. The number of imidazole rings is 1. The first-order valence-corrected chi connectivity index (χ1v) is 15.3. The standard InChI is InChI=1S/C22H24F2N9O6PS/c23-9-4-32(18-13(9)17(25)27-6-28-18)12-3-8-1-2-10-14(24)16(39-40(35,41)36-5-11(8)37-12)21(38-10)33-7-29-15-19(33)30-22(26)31-20(15)34/h4,6-8,10-12,14,16,21H,1-3,5H2,(H,35,41)(H2,25,27,28)(H3,26,30,31,34)/t8-,10?,11+,12+,14+,16+,21+,40?/m0/s1. The Morgan fingerprint density at radius 2 is 1.98 bits per heavy atom. The quantitative estimate of drug-likeness (QED) is 0.237. The SMILES string of the molecule is Nc1nc2c(ncn2[C@@H]2OC3CC[C@H]4C[C@H](n5cc(F)c6c(N)ncnc65)O[C@@H]4COP(O)(=S)O[C@@H]2[C@@H]3F)c(=O)[nH]1. The molecule has 15 nitrogen and oxygen atoms in total. The summed E-state index contributed by atoms with van der Waals surface area (Å²) in [7, 11) is 0. The van der Waals surface area contributed by atoms with Gasteiger partial charge in [0.15, 0.2) is 35.0 Å². The number of hydrogen-bond donors (Lipinski definition) is 4. The molecule has 6 N–H and O–H groups in total. The molecule has 0 aromatic carbocycles. The van der Waals surface area contributed by atoms with E-state index in [2.05, 4.69) is 24.9 Å². The summed E-state index contributed by atoms with van der Waals surface area (Å²) in [4.78, 5) is 41.7. The van der Waals surface area contributed by atoms with Crippen molar-refractivity contribution >= 4 is 52.5 Å². The van der Waals surface area contributed by atoms with Gasteiger partial charge in [-0.3, -0.25) is 18.9 Å².